The Balaban J connectivity index is 2.23. The van der Waals surface area contributed by atoms with Crippen LogP contribution in [0.25, 0.3) is 0 Å². The number of nitrogens with one attached hydrogen (secondary N) is 1. The van der Waals surface area contributed by atoms with Crippen LogP contribution in [0.3, 0.4) is 0 Å². The van der Waals surface area contributed by atoms with E-state index in [1.54, 1.807) is 13.8 Å². The fraction of sp³-hybridized carbons (Fsp3) is 0.538. The Morgan fingerprint density at radius 1 is 1.47 bits per heavy atom. The van der Waals surface area contributed by atoms with Gasteiger partial charge in [0.05, 0.1) is 10.4 Å². The molecule has 0 aliphatic heterocycles. The van der Waals surface area contributed by atoms with E-state index >= 15 is 0 Å². The summed E-state index contributed by atoms with van der Waals surface area (Å²) in [5, 5.41) is 14.2. The van der Waals surface area contributed by atoms with Gasteiger partial charge < -0.3 is 10.4 Å². The van der Waals surface area contributed by atoms with Crippen molar-refractivity contribution >= 4 is 34.8 Å². The number of hydrogen-bond donors (Lipinski definition) is 2. The number of carbonyl (C=O) groups excluding carboxylic acids is 1. The van der Waals surface area contributed by atoms with Gasteiger partial charge in [0.15, 0.2) is 0 Å². The van der Waals surface area contributed by atoms with Crippen LogP contribution in [0.2, 0.25) is 5.02 Å². The second kappa shape index (κ2) is 6.91. The molecule has 1 aromatic heterocycles. The lowest BCUT2D eigenvalue weighted by Gasteiger charge is -2.18. The van der Waals surface area contributed by atoms with Crippen molar-refractivity contribution in [3.8, 4) is 0 Å². The van der Waals surface area contributed by atoms with E-state index < -0.39 is 11.4 Å². The Hall–Kier alpha value is -1.07. The largest absolute Gasteiger partial charge is 0.481 e. The number of thiophene rings is 1. The molecule has 1 aromatic rings. The molecule has 0 aliphatic rings. The molecule has 1 heterocycles. The molecule has 0 spiro atoms. The van der Waals surface area contributed by atoms with E-state index in [9.17, 15) is 9.59 Å². The third-order valence-corrected chi connectivity index (χ3v) is 4.22. The van der Waals surface area contributed by atoms with E-state index in [4.69, 9.17) is 16.7 Å². The number of amides is 1. The predicted octanol–water partition coefficient (Wildman–Crippen LogP) is 2.95. The number of carbonyl (C=O) groups is 2. The van der Waals surface area contributed by atoms with E-state index in [1.807, 2.05) is 11.4 Å². The highest BCUT2D eigenvalue weighted by Gasteiger charge is 2.26. The molecular weight excluding hydrogens is 286 g/mol. The number of halogens is 1. The van der Waals surface area contributed by atoms with Crippen molar-refractivity contribution in [3.05, 3.63) is 21.3 Å². The molecule has 106 valence electrons. The minimum Gasteiger partial charge on any atom is -0.481 e. The summed E-state index contributed by atoms with van der Waals surface area (Å²) < 4.78 is 0. The van der Waals surface area contributed by atoms with Gasteiger partial charge in [0.1, 0.15) is 0 Å². The zero-order valence-electron chi connectivity index (χ0n) is 11.0. The van der Waals surface area contributed by atoms with Crippen molar-refractivity contribution in [3.63, 3.8) is 0 Å². The Morgan fingerprint density at radius 3 is 2.68 bits per heavy atom. The molecule has 0 saturated heterocycles. The first kappa shape index (κ1) is 16.0. The highest BCUT2D eigenvalue weighted by atomic mass is 35.5. The van der Waals surface area contributed by atoms with E-state index in [0.717, 1.165) is 4.88 Å². The molecule has 1 amide bonds. The normalized spacial score (nSPS) is 11.3. The van der Waals surface area contributed by atoms with Crippen molar-refractivity contribution in [2.24, 2.45) is 5.41 Å². The van der Waals surface area contributed by atoms with Crippen LogP contribution in [0.4, 0.5) is 0 Å². The minimum atomic E-state index is -0.852. The molecule has 0 saturated carbocycles. The average molecular weight is 304 g/mol. The van der Waals surface area contributed by atoms with Gasteiger partial charge in [-0.05, 0) is 32.8 Å². The van der Waals surface area contributed by atoms with Gasteiger partial charge in [-0.3, -0.25) is 9.59 Å². The van der Waals surface area contributed by atoms with Gasteiger partial charge in [0.2, 0.25) is 5.91 Å². The lowest BCUT2D eigenvalue weighted by atomic mass is 9.90. The fourth-order valence-electron chi connectivity index (χ4n) is 1.43. The van der Waals surface area contributed by atoms with Gasteiger partial charge in [0.25, 0.3) is 0 Å². The average Bonchev–Trinajstić information content (AvgIpc) is 2.72. The molecule has 0 radical (unpaired) electrons. The molecule has 0 unspecified atom stereocenters. The van der Waals surface area contributed by atoms with Gasteiger partial charge in [-0.15, -0.1) is 11.3 Å². The van der Waals surface area contributed by atoms with Gasteiger partial charge in [-0.2, -0.15) is 0 Å². The fourth-order valence-corrected chi connectivity index (χ4v) is 2.51. The zero-order valence-corrected chi connectivity index (χ0v) is 12.6. The van der Waals surface area contributed by atoms with Crippen LogP contribution in [-0.4, -0.2) is 23.5 Å². The highest BCUT2D eigenvalue weighted by molar-refractivity contribution is 7.10. The second-order valence-corrected chi connectivity index (χ2v) is 6.45. The first-order valence-corrected chi connectivity index (χ1v) is 7.30. The van der Waals surface area contributed by atoms with Gasteiger partial charge in [-0.1, -0.05) is 11.6 Å². The number of carboxylic acids is 1. The summed E-state index contributed by atoms with van der Waals surface area (Å²) in [6, 6.07) is 1.85. The van der Waals surface area contributed by atoms with Gasteiger partial charge >= 0.3 is 5.97 Å². The Kier molecular flexibility index (Phi) is 5.82. The molecule has 4 nitrogen and oxygen atoms in total. The SMILES string of the molecule is CC(C)(CCNC(=O)CCc1cc(Cl)cs1)C(=O)O. The summed E-state index contributed by atoms with van der Waals surface area (Å²) >= 11 is 7.33. The molecule has 0 atom stereocenters. The van der Waals surface area contributed by atoms with Crippen LogP contribution in [0, 0.1) is 5.41 Å². The molecule has 1 rings (SSSR count). The van der Waals surface area contributed by atoms with Crippen molar-refractivity contribution < 1.29 is 14.7 Å². The number of hydrogen-bond acceptors (Lipinski definition) is 3. The zero-order chi connectivity index (χ0) is 14.5. The summed E-state index contributed by atoms with van der Waals surface area (Å²) in [5.41, 5.74) is -0.811. The number of rotatable bonds is 7. The molecular formula is C13H18ClNO3S. The minimum absolute atomic E-state index is 0.0642. The smallest absolute Gasteiger partial charge is 0.309 e. The van der Waals surface area contributed by atoms with Crippen LogP contribution in [0.5, 0.6) is 0 Å². The third-order valence-electron chi connectivity index (χ3n) is 2.87. The van der Waals surface area contributed by atoms with Crippen molar-refractivity contribution in [1.29, 1.82) is 0 Å². The predicted molar refractivity (Wildman–Crippen MR) is 76.7 cm³/mol. The quantitative estimate of drug-likeness (QED) is 0.814. The van der Waals surface area contributed by atoms with E-state index in [0.29, 0.717) is 30.8 Å². The molecule has 0 bridgehead atoms. The summed E-state index contributed by atoms with van der Waals surface area (Å²) in [6.45, 7) is 3.67. The lowest BCUT2D eigenvalue weighted by Crippen LogP contribution is -2.32. The lowest BCUT2D eigenvalue weighted by molar-refractivity contribution is -0.147. The Bertz CT molecular complexity index is 456. The van der Waals surface area contributed by atoms with E-state index in [1.165, 1.54) is 11.3 Å². The number of carboxylic acid groups (broad SMARTS) is 1. The summed E-state index contributed by atoms with van der Waals surface area (Å²) in [4.78, 5) is 23.6. The molecule has 6 heteroatoms. The maximum absolute atomic E-state index is 11.6. The highest BCUT2D eigenvalue weighted by Crippen LogP contribution is 2.21. The van der Waals surface area contributed by atoms with Gasteiger partial charge in [0, 0.05) is 23.2 Å². The van der Waals surface area contributed by atoms with Crippen LogP contribution in [0.15, 0.2) is 11.4 Å². The summed E-state index contributed by atoms with van der Waals surface area (Å²) in [6.07, 6.45) is 1.47. The molecule has 0 aromatic carbocycles. The summed E-state index contributed by atoms with van der Waals surface area (Å²) in [5.74, 6) is -0.916. The second-order valence-electron chi connectivity index (χ2n) is 5.02. The number of aryl methyl sites for hydroxylation is 1. The molecule has 2 N–H and O–H groups in total. The van der Waals surface area contributed by atoms with Gasteiger partial charge in [-0.25, -0.2) is 0 Å². The van der Waals surface area contributed by atoms with Crippen LogP contribution >= 0.6 is 22.9 Å². The maximum Gasteiger partial charge on any atom is 0.309 e. The first-order valence-electron chi connectivity index (χ1n) is 6.04. The third kappa shape index (κ3) is 5.61. The number of aliphatic carboxylic acids is 1. The van der Waals surface area contributed by atoms with Crippen molar-refractivity contribution in [2.75, 3.05) is 6.54 Å². The maximum atomic E-state index is 11.6. The van der Waals surface area contributed by atoms with Crippen LogP contribution in [-0.2, 0) is 16.0 Å². The Morgan fingerprint density at radius 2 is 2.16 bits per heavy atom. The molecule has 0 aliphatic carbocycles. The topological polar surface area (TPSA) is 66.4 Å². The first-order chi connectivity index (χ1) is 8.81. The van der Waals surface area contributed by atoms with Crippen LogP contribution in [0.1, 0.15) is 31.6 Å². The monoisotopic (exact) mass is 303 g/mol. The van der Waals surface area contributed by atoms with E-state index in [2.05, 4.69) is 5.32 Å². The van der Waals surface area contributed by atoms with Crippen molar-refractivity contribution in [2.45, 2.75) is 33.1 Å². The van der Waals surface area contributed by atoms with Crippen LogP contribution < -0.4 is 5.32 Å². The van der Waals surface area contributed by atoms with Crippen molar-refractivity contribution in [1.82, 2.24) is 5.32 Å². The molecule has 0 fully saturated rings. The van der Waals surface area contributed by atoms with E-state index in [-0.39, 0.29) is 5.91 Å². The Labute approximate surface area is 121 Å². The standard InChI is InChI=1S/C13H18ClNO3S/c1-13(2,12(17)18)5-6-15-11(16)4-3-10-7-9(14)8-19-10/h7-8H,3-6H2,1-2H3,(H,15,16)(H,17,18). The molecule has 19 heavy (non-hydrogen) atoms. The summed E-state index contributed by atoms with van der Waals surface area (Å²) in [7, 11) is 0.